The third-order valence-electron chi connectivity index (χ3n) is 4.14. The molecule has 0 saturated heterocycles. The van der Waals surface area contributed by atoms with E-state index in [4.69, 9.17) is 0 Å². The van der Waals surface area contributed by atoms with E-state index in [-0.39, 0.29) is 0 Å². The van der Waals surface area contributed by atoms with Crippen molar-refractivity contribution in [3.05, 3.63) is 59.7 Å². The molecule has 1 aliphatic carbocycles. The Morgan fingerprint density at radius 3 is 2.65 bits per heavy atom. The zero-order chi connectivity index (χ0) is 13.8. The van der Waals surface area contributed by atoms with Crippen LogP contribution in [0.15, 0.2) is 54.1 Å². The van der Waals surface area contributed by atoms with Gasteiger partial charge in [-0.05, 0) is 54.0 Å². The second-order valence-corrected chi connectivity index (χ2v) is 5.54. The van der Waals surface area contributed by atoms with E-state index in [1.165, 1.54) is 22.8 Å². The van der Waals surface area contributed by atoms with E-state index in [9.17, 15) is 4.79 Å². The molecule has 1 heteroatoms. The van der Waals surface area contributed by atoms with Gasteiger partial charge in [-0.15, -0.1) is 0 Å². The molecular weight excluding hydrogens is 244 g/mol. The van der Waals surface area contributed by atoms with E-state index in [2.05, 4.69) is 48.5 Å². The molecule has 1 aliphatic rings. The molecular formula is C19H20O. The van der Waals surface area contributed by atoms with E-state index < -0.39 is 0 Å². The molecule has 1 nitrogen and oxygen atoms in total. The maximum atomic E-state index is 11.8. The van der Waals surface area contributed by atoms with Gasteiger partial charge in [0.1, 0.15) is 0 Å². The third-order valence-corrected chi connectivity index (χ3v) is 4.14. The highest BCUT2D eigenvalue weighted by atomic mass is 16.1. The third kappa shape index (κ3) is 2.82. The summed E-state index contributed by atoms with van der Waals surface area (Å²) in [5.74, 6) is 0.370. The Kier molecular flexibility index (Phi) is 3.96. The smallest absolute Gasteiger partial charge is 0.158 e. The van der Waals surface area contributed by atoms with Crippen LogP contribution in [0, 0.1) is 0 Å². The molecule has 0 radical (unpaired) electrons. The molecule has 0 aliphatic heterocycles. The molecule has 0 spiro atoms. The van der Waals surface area contributed by atoms with E-state index in [0.717, 1.165) is 37.7 Å². The fourth-order valence-corrected chi connectivity index (χ4v) is 3.03. The number of rotatable bonds is 3. The van der Waals surface area contributed by atoms with E-state index in [0.29, 0.717) is 5.78 Å². The molecule has 0 atom stereocenters. The highest BCUT2D eigenvalue weighted by Crippen LogP contribution is 2.22. The van der Waals surface area contributed by atoms with Crippen LogP contribution in [0.3, 0.4) is 0 Å². The molecule has 0 heterocycles. The maximum absolute atomic E-state index is 11.8. The van der Waals surface area contributed by atoms with Crippen LogP contribution in [-0.4, -0.2) is 5.78 Å². The minimum absolute atomic E-state index is 0.370. The lowest BCUT2D eigenvalue weighted by Gasteiger charge is -2.12. The Morgan fingerprint density at radius 2 is 1.75 bits per heavy atom. The molecule has 1 fully saturated rings. The first-order valence-electron chi connectivity index (χ1n) is 7.53. The number of hydrogen-bond acceptors (Lipinski definition) is 1. The average Bonchev–Trinajstić information content (AvgIpc) is 2.49. The number of ketones is 1. The van der Waals surface area contributed by atoms with Gasteiger partial charge in [0.25, 0.3) is 0 Å². The summed E-state index contributed by atoms with van der Waals surface area (Å²) in [6.07, 6.45) is 8.12. The molecule has 3 rings (SSSR count). The molecule has 0 N–H and O–H groups in total. The summed E-state index contributed by atoms with van der Waals surface area (Å²) in [4.78, 5) is 11.8. The van der Waals surface area contributed by atoms with Crippen molar-refractivity contribution in [2.24, 2.45) is 0 Å². The topological polar surface area (TPSA) is 17.1 Å². The zero-order valence-electron chi connectivity index (χ0n) is 11.8. The number of hydrogen-bond donors (Lipinski definition) is 0. The second kappa shape index (κ2) is 6.04. The van der Waals surface area contributed by atoms with Gasteiger partial charge in [-0.3, -0.25) is 4.79 Å². The first-order chi connectivity index (χ1) is 9.84. The Balaban J connectivity index is 1.74. The van der Waals surface area contributed by atoms with Crippen LogP contribution in [0.25, 0.3) is 10.8 Å². The van der Waals surface area contributed by atoms with Gasteiger partial charge in [0.2, 0.25) is 0 Å². The summed E-state index contributed by atoms with van der Waals surface area (Å²) < 4.78 is 0. The first kappa shape index (κ1) is 13.1. The van der Waals surface area contributed by atoms with Crippen molar-refractivity contribution in [2.75, 3.05) is 0 Å². The Bertz CT molecular complexity index is 646. The molecule has 2 aromatic rings. The summed E-state index contributed by atoms with van der Waals surface area (Å²) >= 11 is 0. The minimum Gasteiger partial charge on any atom is -0.295 e. The monoisotopic (exact) mass is 264 g/mol. The predicted octanol–water partition coefficient (Wildman–Crippen LogP) is 4.84. The number of allylic oxidation sites excluding steroid dienone is 2. The molecule has 0 bridgehead atoms. The Labute approximate surface area is 120 Å². The summed E-state index contributed by atoms with van der Waals surface area (Å²) in [5, 5.41) is 2.63. The normalized spacial score (nSPS) is 17.8. The highest BCUT2D eigenvalue weighted by Gasteiger charge is 2.13. The van der Waals surface area contributed by atoms with Crippen molar-refractivity contribution in [1.82, 2.24) is 0 Å². The molecule has 102 valence electrons. The largest absolute Gasteiger partial charge is 0.295 e. The first-order valence-corrected chi connectivity index (χ1v) is 7.53. The zero-order valence-corrected chi connectivity index (χ0v) is 11.8. The molecule has 0 aromatic heterocycles. The van der Waals surface area contributed by atoms with Gasteiger partial charge in [0.15, 0.2) is 5.78 Å². The van der Waals surface area contributed by atoms with Crippen molar-refractivity contribution in [3.63, 3.8) is 0 Å². The maximum Gasteiger partial charge on any atom is 0.158 e. The van der Waals surface area contributed by atoms with E-state index in [1.54, 1.807) is 0 Å². The van der Waals surface area contributed by atoms with Gasteiger partial charge in [-0.25, -0.2) is 0 Å². The second-order valence-electron chi connectivity index (χ2n) is 5.54. The van der Waals surface area contributed by atoms with Crippen molar-refractivity contribution in [3.8, 4) is 0 Å². The summed E-state index contributed by atoms with van der Waals surface area (Å²) in [6.45, 7) is 0. The SMILES string of the molecule is O=C1CCCC/C1=C/CCc1cccc2ccccc12. The fourth-order valence-electron chi connectivity index (χ4n) is 3.03. The quantitative estimate of drug-likeness (QED) is 0.725. The average molecular weight is 264 g/mol. The fraction of sp³-hybridized carbons (Fsp3) is 0.316. The van der Waals surface area contributed by atoms with Crippen LogP contribution >= 0.6 is 0 Å². The number of benzene rings is 2. The van der Waals surface area contributed by atoms with Gasteiger partial charge >= 0.3 is 0 Å². The van der Waals surface area contributed by atoms with Gasteiger partial charge in [-0.1, -0.05) is 48.5 Å². The lowest BCUT2D eigenvalue weighted by molar-refractivity contribution is -0.116. The van der Waals surface area contributed by atoms with Crippen molar-refractivity contribution in [2.45, 2.75) is 38.5 Å². The van der Waals surface area contributed by atoms with Crippen LogP contribution in [-0.2, 0) is 11.2 Å². The highest BCUT2D eigenvalue weighted by molar-refractivity contribution is 5.95. The summed E-state index contributed by atoms with van der Waals surface area (Å²) in [5.41, 5.74) is 2.44. The lowest BCUT2D eigenvalue weighted by Crippen LogP contribution is -2.08. The minimum atomic E-state index is 0.370. The van der Waals surface area contributed by atoms with Crippen LogP contribution in [0.2, 0.25) is 0 Å². The van der Waals surface area contributed by atoms with Crippen LogP contribution in [0.4, 0.5) is 0 Å². The number of carbonyl (C=O) groups excluding carboxylic acids is 1. The van der Waals surface area contributed by atoms with Crippen molar-refractivity contribution < 1.29 is 4.79 Å². The number of Topliss-reactive ketones (excluding diaryl/α,β-unsaturated/α-hetero) is 1. The van der Waals surface area contributed by atoms with Gasteiger partial charge in [-0.2, -0.15) is 0 Å². The van der Waals surface area contributed by atoms with Gasteiger partial charge in [0.05, 0.1) is 0 Å². The number of fused-ring (bicyclic) bond motifs is 1. The van der Waals surface area contributed by atoms with Crippen molar-refractivity contribution in [1.29, 1.82) is 0 Å². The van der Waals surface area contributed by atoms with E-state index in [1.807, 2.05) is 0 Å². The predicted molar refractivity (Wildman–Crippen MR) is 83.8 cm³/mol. The van der Waals surface area contributed by atoms with Gasteiger partial charge < -0.3 is 0 Å². The number of aryl methyl sites for hydroxylation is 1. The summed E-state index contributed by atoms with van der Waals surface area (Å²) in [7, 11) is 0. The molecule has 0 amide bonds. The Morgan fingerprint density at radius 1 is 0.950 bits per heavy atom. The van der Waals surface area contributed by atoms with Crippen LogP contribution < -0.4 is 0 Å². The van der Waals surface area contributed by atoms with Gasteiger partial charge in [0, 0.05) is 6.42 Å². The van der Waals surface area contributed by atoms with Crippen molar-refractivity contribution >= 4 is 16.6 Å². The standard InChI is InChI=1S/C19H20O/c20-19-14-4-2-8-17(19)12-6-11-16-10-5-9-15-7-1-3-13-18(15)16/h1,3,5,7,9-10,12-13H,2,4,6,8,11,14H2/b17-12-. The molecule has 20 heavy (non-hydrogen) atoms. The summed E-state index contributed by atoms with van der Waals surface area (Å²) in [6, 6.07) is 15.0. The number of carbonyl (C=O) groups is 1. The van der Waals surface area contributed by atoms with Crippen LogP contribution in [0.5, 0.6) is 0 Å². The lowest BCUT2D eigenvalue weighted by atomic mass is 9.92. The van der Waals surface area contributed by atoms with Crippen LogP contribution in [0.1, 0.15) is 37.7 Å². The molecule has 2 aromatic carbocycles. The molecule has 1 saturated carbocycles. The van der Waals surface area contributed by atoms with E-state index >= 15 is 0 Å². The molecule has 0 unspecified atom stereocenters. The Hall–Kier alpha value is -1.89.